The Morgan fingerprint density at radius 2 is 1.95 bits per heavy atom. The summed E-state index contributed by atoms with van der Waals surface area (Å²) in [6.45, 7) is 9.14. The molecule has 1 fully saturated rings. The molecule has 2 heteroatoms. The standard InChI is InChI=1S/C18H28ClN/c1-12-5-6-13(16(19)9-12)10-14-11-15(18(2,3)4)7-8-17(14)20/h5-6,9,14-15,17H,7-8,10-11,20H2,1-4H3. The lowest BCUT2D eigenvalue weighted by Crippen LogP contribution is -2.40. The molecule has 0 amide bonds. The zero-order valence-electron chi connectivity index (χ0n) is 13.2. The molecule has 0 radical (unpaired) electrons. The fraction of sp³-hybridized carbons (Fsp3) is 0.667. The minimum atomic E-state index is 0.325. The van der Waals surface area contributed by atoms with Crippen molar-refractivity contribution in [3.63, 3.8) is 0 Å². The van der Waals surface area contributed by atoms with E-state index in [1.807, 2.05) is 0 Å². The van der Waals surface area contributed by atoms with Crippen LogP contribution in [0.1, 0.15) is 51.2 Å². The Bertz CT molecular complexity index is 461. The quantitative estimate of drug-likeness (QED) is 0.817. The molecule has 1 nitrogen and oxygen atoms in total. The third-order valence-corrected chi connectivity index (χ3v) is 5.31. The molecular formula is C18H28ClN. The maximum absolute atomic E-state index is 6.38. The van der Waals surface area contributed by atoms with E-state index in [-0.39, 0.29) is 0 Å². The van der Waals surface area contributed by atoms with Gasteiger partial charge in [-0.2, -0.15) is 0 Å². The Labute approximate surface area is 128 Å². The van der Waals surface area contributed by atoms with E-state index in [0.717, 1.165) is 23.8 Å². The first-order valence-electron chi connectivity index (χ1n) is 7.78. The van der Waals surface area contributed by atoms with Crippen molar-refractivity contribution in [3.8, 4) is 0 Å². The van der Waals surface area contributed by atoms with Gasteiger partial charge in [0.05, 0.1) is 0 Å². The number of aryl methyl sites for hydroxylation is 1. The number of nitrogens with two attached hydrogens (primary N) is 1. The summed E-state index contributed by atoms with van der Waals surface area (Å²) in [5, 5.41) is 0.898. The molecule has 20 heavy (non-hydrogen) atoms. The number of hydrogen-bond acceptors (Lipinski definition) is 1. The number of hydrogen-bond donors (Lipinski definition) is 1. The highest BCUT2D eigenvalue weighted by Crippen LogP contribution is 2.41. The van der Waals surface area contributed by atoms with Gasteiger partial charge in [0.1, 0.15) is 0 Å². The lowest BCUT2D eigenvalue weighted by Gasteiger charge is -2.41. The lowest BCUT2D eigenvalue weighted by atomic mass is 9.66. The third kappa shape index (κ3) is 3.77. The van der Waals surface area contributed by atoms with Crippen LogP contribution in [0.5, 0.6) is 0 Å². The normalized spacial score (nSPS) is 27.6. The van der Waals surface area contributed by atoms with E-state index in [9.17, 15) is 0 Å². The van der Waals surface area contributed by atoms with Crippen LogP contribution in [0.2, 0.25) is 5.02 Å². The van der Waals surface area contributed by atoms with Crippen LogP contribution in [-0.2, 0) is 6.42 Å². The second-order valence-corrected chi connectivity index (χ2v) is 8.01. The molecule has 0 aliphatic heterocycles. The van der Waals surface area contributed by atoms with Gasteiger partial charge in [-0.25, -0.2) is 0 Å². The SMILES string of the molecule is Cc1ccc(CC2CC(C(C)(C)C)CCC2N)c(Cl)c1. The highest BCUT2D eigenvalue weighted by atomic mass is 35.5. The monoisotopic (exact) mass is 293 g/mol. The average molecular weight is 294 g/mol. The first-order valence-corrected chi connectivity index (χ1v) is 8.16. The first-order chi connectivity index (χ1) is 9.27. The summed E-state index contributed by atoms with van der Waals surface area (Å²) in [7, 11) is 0. The van der Waals surface area contributed by atoms with E-state index in [1.165, 1.54) is 24.0 Å². The van der Waals surface area contributed by atoms with Gasteiger partial charge in [0.25, 0.3) is 0 Å². The Morgan fingerprint density at radius 1 is 1.25 bits per heavy atom. The average Bonchev–Trinajstić information content (AvgIpc) is 2.33. The third-order valence-electron chi connectivity index (χ3n) is 4.96. The van der Waals surface area contributed by atoms with Crippen LogP contribution in [0.15, 0.2) is 18.2 Å². The number of halogens is 1. The van der Waals surface area contributed by atoms with Crippen LogP contribution in [0, 0.1) is 24.2 Å². The van der Waals surface area contributed by atoms with Gasteiger partial charge in [0.15, 0.2) is 0 Å². The van der Waals surface area contributed by atoms with Crippen molar-refractivity contribution in [1.82, 2.24) is 0 Å². The summed E-state index contributed by atoms with van der Waals surface area (Å²) in [6, 6.07) is 6.71. The molecule has 1 saturated carbocycles. The molecule has 2 N–H and O–H groups in total. The lowest BCUT2D eigenvalue weighted by molar-refractivity contribution is 0.127. The predicted octanol–water partition coefficient (Wildman–Crippen LogP) is 4.98. The maximum Gasteiger partial charge on any atom is 0.0440 e. The topological polar surface area (TPSA) is 26.0 Å². The summed E-state index contributed by atoms with van der Waals surface area (Å²) >= 11 is 6.38. The van der Waals surface area contributed by atoms with Crippen molar-refractivity contribution in [2.24, 2.45) is 23.0 Å². The Balaban J connectivity index is 2.10. The van der Waals surface area contributed by atoms with E-state index in [4.69, 9.17) is 17.3 Å². The fourth-order valence-corrected chi connectivity index (χ4v) is 3.72. The van der Waals surface area contributed by atoms with Crippen LogP contribution in [0.25, 0.3) is 0 Å². The zero-order valence-corrected chi connectivity index (χ0v) is 14.0. The van der Waals surface area contributed by atoms with Crippen LogP contribution in [-0.4, -0.2) is 6.04 Å². The molecule has 0 bridgehead atoms. The minimum Gasteiger partial charge on any atom is -0.327 e. The Kier molecular flexibility index (Phi) is 4.81. The highest BCUT2D eigenvalue weighted by molar-refractivity contribution is 6.31. The molecule has 0 heterocycles. The van der Waals surface area contributed by atoms with Crippen molar-refractivity contribution < 1.29 is 0 Å². The van der Waals surface area contributed by atoms with Gasteiger partial charge in [0.2, 0.25) is 0 Å². The highest BCUT2D eigenvalue weighted by Gasteiger charge is 2.34. The largest absolute Gasteiger partial charge is 0.327 e. The second kappa shape index (κ2) is 6.07. The number of benzene rings is 1. The van der Waals surface area contributed by atoms with Crippen molar-refractivity contribution in [2.75, 3.05) is 0 Å². The van der Waals surface area contributed by atoms with Crippen molar-refractivity contribution in [2.45, 2.75) is 59.4 Å². The fourth-order valence-electron chi connectivity index (χ4n) is 3.41. The number of rotatable bonds is 2. The van der Waals surface area contributed by atoms with Crippen LogP contribution in [0.4, 0.5) is 0 Å². The zero-order chi connectivity index (χ0) is 14.9. The summed E-state index contributed by atoms with van der Waals surface area (Å²) in [6.07, 6.45) is 4.67. The van der Waals surface area contributed by atoms with E-state index in [2.05, 4.69) is 45.9 Å². The molecule has 1 aromatic rings. The van der Waals surface area contributed by atoms with Gasteiger partial charge in [-0.15, -0.1) is 0 Å². The van der Waals surface area contributed by atoms with Crippen LogP contribution < -0.4 is 5.73 Å². The van der Waals surface area contributed by atoms with Gasteiger partial charge < -0.3 is 5.73 Å². The smallest absolute Gasteiger partial charge is 0.0440 e. The molecule has 0 spiro atoms. The Morgan fingerprint density at radius 3 is 2.55 bits per heavy atom. The van der Waals surface area contributed by atoms with Crippen molar-refractivity contribution in [1.29, 1.82) is 0 Å². The van der Waals surface area contributed by atoms with Crippen molar-refractivity contribution >= 4 is 11.6 Å². The van der Waals surface area contributed by atoms with Gasteiger partial charge in [-0.3, -0.25) is 0 Å². The Hall–Kier alpha value is -0.530. The van der Waals surface area contributed by atoms with Crippen LogP contribution >= 0.6 is 11.6 Å². The van der Waals surface area contributed by atoms with Gasteiger partial charge >= 0.3 is 0 Å². The molecular weight excluding hydrogens is 266 g/mol. The van der Waals surface area contributed by atoms with E-state index in [1.54, 1.807) is 0 Å². The van der Waals surface area contributed by atoms with E-state index >= 15 is 0 Å². The second-order valence-electron chi connectivity index (χ2n) is 7.60. The summed E-state index contributed by atoms with van der Waals surface area (Å²) in [4.78, 5) is 0. The maximum atomic E-state index is 6.38. The van der Waals surface area contributed by atoms with E-state index < -0.39 is 0 Å². The van der Waals surface area contributed by atoms with Gasteiger partial charge in [-0.1, -0.05) is 44.5 Å². The predicted molar refractivity (Wildman–Crippen MR) is 88.2 cm³/mol. The van der Waals surface area contributed by atoms with E-state index in [0.29, 0.717) is 17.4 Å². The van der Waals surface area contributed by atoms with Crippen molar-refractivity contribution in [3.05, 3.63) is 34.3 Å². The summed E-state index contributed by atoms with van der Waals surface area (Å²) in [5.41, 5.74) is 9.23. The van der Waals surface area contributed by atoms with Gasteiger partial charge in [-0.05, 0) is 67.1 Å². The minimum absolute atomic E-state index is 0.325. The molecule has 112 valence electrons. The van der Waals surface area contributed by atoms with Crippen LogP contribution in [0.3, 0.4) is 0 Å². The molecule has 1 aromatic carbocycles. The van der Waals surface area contributed by atoms with Gasteiger partial charge in [0, 0.05) is 11.1 Å². The molecule has 1 aliphatic carbocycles. The molecule has 3 atom stereocenters. The molecule has 0 saturated heterocycles. The molecule has 2 rings (SSSR count). The molecule has 1 aliphatic rings. The molecule has 0 aromatic heterocycles. The summed E-state index contributed by atoms with van der Waals surface area (Å²) < 4.78 is 0. The summed E-state index contributed by atoms with van der Waals surface area (Å²) in [5.74, 6) is 1.34. The molecule has 3 unspecified atom stereocenters. The first kappa shape index (κ1) is 15.9.